The summed E-state index contributed by atoms with van der Waals surface area (Å²) in [6.07, 6.45) is 5.70. The predicted molar refractivity (Wildman–Crippen MR) is 81.3 cm³/mol. The molecule has 0 aliphatic carbocycles. The molecule has 0 spiro atoms. The molecule has 1 heterocycles. The second-order valence-corrected chi connectivity index (χ2v) is 8.63. The van der Waals surface area contributed by atoms with Crippen LogP contribution in [0.15, 0.2) is 0 Å². The van der Waals surface area contributed by atoms with Gasteiger partial charge in [0, 0.05) is 5.41 Å². The first-order chi connectivity index (χ1) is 9.43. The van der Waals surface area contributed by atoms with Crippen molar-refractivity contribution in [3.63, 3.8) is 0 Å². The standard InChI is InChI=1S/C15H30O4S/c1-3-5-6-13(4-2)9-15(11-16,12-17)14-7-8-20(18,19)10-14/h13-14,16-17H,3-12H2,1-2H3. The topological polar surface area (TPSA) is 74.6 Å². The van der Waals surface area contributed by atoms with Gasteiger partial charge in [-0.2, -0.15) is 0 Å². The summed E-state index contributed by atoms with van der Waals surface area (Å²) in [5.41, 5.74) is -0.627. The lowest BCUT2D eigenvalue weighted by atomic mass is 9.69. The molecule has 0 aromatic carbocycles. The monoisotopic (exact) mass is 306 g/mol. The summed E-state index contributed by atoms with van der Waals surface area (Å²) in [6.45, 7) is 4.05. The molecule has 1 rings (SSSR count). The van der Waals surface area contributed by atoms with Crippen LogP contribution in [0.3, 0.4) is 0 Å². The Bertz CT molecular complexity index is 373. The minimum absolute atomic E-state index is 0.0989. The third kappa shape index (κ3) is 4.43. The molecule has 120 valence electrons. The van der Waals surface area contributed by atoms with Crippen LogP contribution in [-0.2, 0) is 9.84 Å². The van der Waals surface area contributed by atoms with Gasteiger partial charge in [-0.25, -0.2) is 8.42 Å². The highest BCUT2D eigenvalue weighted by Crippen LogP contribution is 2.42. The molecule has 20 heavy (non-hydrogen) atoms. The maximum atomic E-state index is 11.7. The van der Waals surface area contributed by atoms with Gasteiger partial charge in [0.25, 0.3) is 0 Å². The Morgan fingerprint density at radius 1 is 1.25 bits per heavy atom. The summed E-state index contributed by atoms with van der Waals surface area (Å²) < 4.78 is 23.4. The normalized spacial score (nSPS) is 23.9. The summed E-state index contributed by atoms with van der Waals surface area (Å²) >= 11 is 0. The third-order valence-corrected chi connectivity index (χ3v) is 6.73. The van der Waals surface area contributed by atoms with Crippen LogP contribution >= 0.6 is 0 Å². The van der Waals surface area contributed by atoms with E-state index in [0.29, 0.717) is 12.3 Å². The van der Waals surface area contributed by atoms with Gasteiger partial charge in [-0.3, -0.25) is 0 Å². The van der Waals surface area contributed by atoms with E-state index in [1.807, 2.05) is 0 Å². The van der Waals surface area contributed by atoms with Crippen molar-refractivity contribution in [3.8, 4) is 0 Å². The van der Waals surface area contributed by atoms with E-state index < -0.39 is 15.3 Å². The van der Waals surface area contributed by atoms with Crippen LogP contribution in [0.4, 0.5) is 0 Å². The van der Waals surface area contributed by atoms with E-state index in [4.69, 9.17) is 0 Å². The number of aliphatic hydroxyl groups excluding tert-OH is 2. The summed E-state index contributed by atoms with van der Waals surface area (Å²) in [5, 5.41) is 19.6. The van der Waals surface area contributed by atoms with Gasteiger partial charge >= 0.3 is 0 Å². The highest BCUT2D eigenvalue weighted by atomic mass is 32.2. The van der Waals surface area contributed by atoms with Crippen LogP contribution in [0.2, 0.25) is 0 Å². The summed E-state index contributed by atoms with van der Waals surface area (Å²) in [5.74, 6) is 0.680. The molecule has 2 atom stereocenters. The van der Waals surface area contributed by atoms with E-state index in [-0.39, 0.29) is 30.6 Å². The Morgan fingerprint density at radius 2 is 1.90 bits per heavy atom. The quantitative estimate of drug-likeness (QED) is 0.683. The van der Waals surface area contributed by atoms with E-state index in [0.717, 1.165) is 32.1 Å². The molecule has 5 heteroatoms. The molecule has 0 saturated carbocycles. The third-order valence-electron chi connectivity index (χ3n) is 4.97. The lowest BCUT2D eigenvalue weighted by Crippen LogP contribution is -2.40. The molecule has 4 nitrogen and oxygen atoms in total. The number of hydrogen-bond donors (Lipinski definition) is 2. The fourth-order valence-electron chi connectivity index (χ4n) is 3.40. The number of unbranched alkanes of at least 4 members (excludes halogenated alkanes) is 1. The summed E-state index contributed by atoms with van der Waals surface area (Å²) in [4.78, 5) is 0. The van der Waals surface area contributed by atoms with Gasteiger partial charge < -0.3 is 10.2 Å². The van der Waals surface area contributed by atoms with Gasteiger partial charge in [0.15, 0.2) is 9.84 Å². The van der Waals surface area contributed by atoms with Crippen LogP contribution in [-0.4, -0.2) is 43.4 Å². The molecule has 1 fully saturated rings. The predicted octanol–water partition coefficient (Wildman–Crippen LogP) is 2.00. The van der Waals surface area contributed by atoms with Crippen molar-refractivity contribution in [3.05, 3.63) is 0 Å². The molecule has 1 aliphatic heterocycles. The lowest BCUT2D eigenvalue weighted by molar-refractivity contribution is -0.00941. The van der Waals surface area contributed by atoms with E-state index >= 15 is 0 Å². The van der Waals surface area contributed by atoms with Crippen molar-refractivity contribution in [1.29, 1.82) is 0 Å². The highest BCUT2D eigenvalue weighted by molar-refractivity contribution is 7.91. The van der Waals surface area contributed by atoms with Gasteiger partial charge in [0.2, 0.25) is 0 Å². The number of sulfone groups is 1. The zero-order valence-corrected chi connectivity index (χ0v) is 13.7. The Morgan fingerprint density at radius 3 is 2.30 bits per heavy atom. The van der Waals surface area contributed by atoms with E-state index in [2.05, 4.69) is 13.8 Å². The van der Waals surface area contributed by atoms with Gasteiger partial charge in [0.1, 0.15) is 0 Å². The lowest BCUT2D eigenvalue weighted by Gasteiger charge is -2.38. The first kappa shape index (κ1) is 17.9. The van der Waals surface area contributed by atoms with Crippen molar-refractivity contribution >= 4 is 9.84 Å². The minimum atomic E-state index is -2.98. The Kier molecular flexibility index (Phi) is 6.95. The van der Waals surface area contributed by atoms with Crippen molar-refractivity contribution in [2.75, 3.05) is 24.7 Å². The SMILES string of the molecule is CCCCC(CC)CC(CO)(CO)C1CCS(=O)(=O)C1. The zero-order valence-electron chi connectivity index (χ0n) is 12.8. The van der Waals surface area contributed by atoms with Crippen molar-refractivity contribution in [2.24, 2.45) is 17.3 Å². The maximum Gasteiger partial charge on any atom is 0.150 e. The Balaban J connectivity index is 2.80. The Labute approximate surface area is 123 Å². The van der Waals surface area contributed by atoms with Crippen LogP contribution in [0, 0.1) is 17.3 Å². The molecule has 2 unspecified atom stereocenters. The van der Waals surface area contributed by atoms with Crippen molar-refractivity contribution in [2.45, 2.75) is 52.4 Å². The molecule has 0 aromatic heterocycles. The first-order valence-corrected chi connectivity index (χ1v) is 9.67. The molecular weight excluding hydrogens is 276 g/mol. The van der Waals surface area contributed by atoms with E-state index in [9.17, 15) is 18.6 Å². The second-order valence-electron chi connectivity index (χ2n) is 6.40. The molecular formula is C15H30O4S. The molecule has 2 N–H and O–H groups in total. The first-order valence-electron chi connectivity index (χ1n) is 7.85. The van der Waals surface area contributed by atoms with Crippen LogP contribution < -0.4 is 0 Å². The molecule has 0 amide bonds. The van der Waals surface area contributed by atoms with E-state index in [1.165, 1.54) is 0 Å². The fourth-order valence-corrected chi connectivity index (χ4v) is 5.34. The number of hydrogen-bond acceptors (Lipinski definition) is 4. The van der Waals surface area contributed by atoms with Crippen LogP contribution in [0.1, 0.15) is 52.4 Å². The Hall–Kier alpha value is -0.130. The van der Waals surface area contributed by atoms with Crippen LogP contribution in [0.5, 0.6) is 0 Å². The van der Waals surface area contributed by atoms with Crippen LogP contribution in [0.25, 0.3) is 0 Å². The molecule has 0 aromatic rings. The van der Waals surface area contributed by atoms with Gasteiger partial charge in [0.05, 0.1) is 24.7 Å². The molecule has 0 bridgehead atoms. The molecule has 0 radical (unpaired) electrons. The maximum absolute atomic E-state index is 11.7. The molecule has 1 saturated heterocycles. The summed E-state index contributed by atoms with van der Waals surface area (Å²) in [6, 6.07) is 0. The number of rotatable bonds is 9. The van der Waals surface area contributed by atoms with Gasteiger partial charge in [-0.1, -0.05) is 39.5 Å². The minimum Gasteiger partial charge on any atom is -0.396 e. The van der Waals surface area contributed by atoms with Crippen molar-refractivity contribution in [1.82, 2.24) is 0 Å². The highest BCUT2D eigenvalue weighted by Gasteiger charge is 2.44. The molecule has 1 aliphatic rings. The average molecular weight is 306 g/mol. The largest absolute Gasteiger partial charge is 0.396 e. The smallest absolute Gasteiger partial charge is 0.150 e. The number of aliphatic hydroxyl groups is 2. The summed E-state index contributed by atoms with van der Waals surface area (Å²) in [7, 11) is -2.98. The van der Waals surface area contributed by atoms with Gasteiger partial charge in [-0.15, -0.1) is 0 Å². The van der Waals surface area contributed by atoms with Gasteiger partial charge in [-0.05, 0) is 24.7 Å². The average Bonchev–Trinajstić information content (AvgIpc) is 2.80. The fraction of sp³-hybridized carbons (Fsp3) is 1.00. The zero-order chi connectivity index (χ0) is 15.2. The van der Waals surface area contributed by atoms with Crippen molar-refractivity contribution < 1.29 is 18.6 Å². The second kappa shape index (κ2) is 7.76. The van der Waals surface area contributed by atoms with E-state index in [1.54, 1.807) is 0 Å².